The fraction of sp³-hybridized carbons (Fsp3) is 0.429. The van der Waals surface area contributed by atoms with Crippen LogP contribution in [0.5, 0.6) is 0 Å². The predicted molar refractivity (Wildman–Crippen MR) is 112 cm³/mol. The number of hydrogen-bond acceptors (Lipinski definition) is 5. The van der Waals surface area contributed by atoms with Gasteiger partial charge in [-0.3, -0.25) is 4.79 Å². The van der Waals surface area contributed by atoms with E-state index in [1.165, 1.54) is 0 Å². The maximum absolute atomic E-state index is 11.7. The highest BCUT2D eigenvalue weighted by atomic mass is 16.1. The lowest BCUT2D eigenvalue weighted by Gasteiger charge is -2.13. The average molecular weight is 380 g/mol. The van der Waals surface area contributed by atoms with Crippen LogP contribution in [0, 0.1) is 5.92 Å². The van der Waals surface area contributed by atoms with Gasteiger partial charge in [0.2, 0.25) is 5.91 Å². The largest absolute Gasteiger partial charge is 0.368 e. The highest BCUT2D eigenvalue weighted by Gasteiger charge is 2.16. The van der Waals surface area contributed by atoms with E-state index in [1.54, 1.807) is 6.20 Å². The van der Waals surface area contributed by atoms with Gasteiger partial charge in [-0.25, -0.2) is 14.6 Å². The maximum atomic E-state index is 11.7. The summed E-state index contributed by atoms with van der Waals surface area (Å²) in [6.45, 7) is 9.13. The van der Waals surface area contributed by atoms with Crippen molar-refractivity contribution in [2.24, 2.45) is 5.92 Å². The second-order valence-corrected chi connectivity index (χ2v) is 7.24. The highest BCUT2D eigenvalue weighted by molar-refractivity contribution is 5.87. The second-order valence-electron chi connectivity index (χ2n) is 7.24. The smallest absolute Gasteiger partial charge is 0.222 e. The van der Waals surface area contributed by atoms with Crippen LogP contribution < -0.4 is 10.6 Å². The molecule has 0 bridgehead atoms. The van der Waals surface area contributed by atoms with E-state index in [-0.39, 0.29) is 17.7 Å². The Morgan fingerprint density at radius 3 is 2.54 bits per heavy atom. The van der Waals surface area contributed by atoms with E-state index in [2.05, 4.69) is 29.6 Å². The number of nitrogens with one attached hydrogen (secondary N) is 2. The first kappa shape index (κ1) is 19.8. The van der Waals surface area contributed by atoms with Crippen LogP contribution in [0.3, 0.4) is 0 Å². The molecule has 148 valence electrons. The molecule has 1 aromatic carbocycles. The van der Waals surface area contributed by atoms with Gasteiger partial charge in [0, 0.05) is 24.9 Å². The lowest BCUT2D eigenvalue weighted by Crippen LogP contribution is -2.32. The third-order valence-corrected chi connectivity index (χ3v) is 4.74. The standard InChI is InChI=1S/C21H28N6O/c1-5-15(4)18-25-19(22-11-12-23-21(28)14(2)3)17-13-24-27(20(17)26-18)16-9-7-6-8-10-16/h6-10,13-15H,5,11-12H2,1-4H3,(H,23,28)(H,22,25,26)/t15-/m0/s1. The zero-order valence-corrected chi connectivity index (χ0v) is 16.9. The molecule has 3 aromatic rings. The van der Waals surface area contributed by atoms with Gasteiger partial charge in [0.1, 0.15) is 11.6 Å². The van der Waals surface area contributed by atoms with Crippen LogP contribution in [0.25, 0.3) is 16.7 Å². The topological polar surface area (TPSA) is 84.7 Å². The van der Waals surface area contributed by atoms with E-state index < -0.39 is 0 Å². The lowest BCUT2D eigenvalue weighted by molar-refractivity contribution is -0.123. The summed E-state index contributed by atoms with van der Waals surface area (Å²) in [5, 5.41) is 11.7. The van der Waals surface area contributed by atoms with E-state index in [0.717, 1.165) is 34.8 Å². The van der Waals surface area contributed by atoms with Gasteiger partial charge in [0.15, 0.2) is 5.65 Å². The van der Waals surface area contributed by atoms with Crippen molar-refractivity contribution in [3.63, 3.8) is 0 Å². The maximum Gasteiger partial charge on any atom is 0.222 e. The quantitative estimate of drug-likeness (QED) is 0.584. The van der Waals surface area contributed by atoms with Gasteiger partial charge in [0.25, 0.3) is 0 Å². The van der Waals surface area contributed by atoms with Crippen molar-refractivity contribution < 1.29 is 4.79 Å². The molecule has 0 saturated carbocycles. The Bertz CT molecular complexity index is 935. The molecule has 28 heavy (non-hydrogen) atoms. The third-order valence-electron chi connectivity index (χ3n) is 4.74. The number of para-hydroxylation sites is 1. The van der Waals surface area contributed by atoms with Crippen LogP contribution in [0.4, 0.5) is 5.82 Å². The minimum absolute atomic E-state index is 0.0214. The van der Waals surface area contributed by atoms with Crippen molar-refractivity contribution in [2.45, 2.75) is 40.0 Å². The molecule has 7 nitrogen and oxygen atoms in total. The Kier molecular flexibility index (Phi) is 6.23. The van der Waals surface area contributed by atoms with Crippen molar-refractivity contribution >= 4 is 22.8 Å². The Balaban J connectivity index is 1.90. The summed E-state index contributed by atoms with van der Waals surface area (Å²) in [5.41, 5.74) is 1.74. The zero-order valence-electron chi connectivity index (χ0n) is 16.9. The molecule has 7 heteroatoms. The molecule has 2 N–H and O–H groups in total. The number of carbonyl (C=O) groups excluding carboxylic acids is 1. The van der Waals surface area contributed by atoms with E-state index in [4.69, 9.17) is 9.97 Å². The van der Waals surface area contributed by atoms with Gasteiger partial charge < -0.3 is 10.6 Å². The first-order chi connectivity index (χ1) is 13.5. The van der Waals surface area contributed by atoms with E-state index in [9.17, 15) is 4.79 Å². The van der Waals surface area contributed by atoms with Crippen LogP contribution in [0.2, 0.25) is 0 Å². The average Bonchev–Trinajstić information content (AvgIpc) is 3.14. The zero-order chi connectivity index (χ0) is 20.1. The van der Waals surface area contributed by atoms with E-state index in [1.807, 2.05) is 48.9 Å². The number of aromatic nitrogens is 4. The minimum atomic E-state index is -0.0214. The lowest BCUT2D eigenvalue weighted by atomic mass is 10.1. The number of benzene rings is 1. The van der Waals surface area contributed by atoms with Crippen molar-refractivity contribution in [2.75, 3.05) is 18.4 Å². The molecule has 0 spiro atoms. The number of nitrogens with zero attached hydrogens (tertiary/aromatic N) is 4. The summed E-state index contributed by atoms with van der Waals surface area (Å²) in [7, 11) is 0. The molecule has 0 unspecified atom stereocenters. The molecule has 2 aromatic heterocycles. The normalized spacial score (nSPS) is 12.3. The van der Waals surface area contributed by atoms with Crippen LogP contribution in [-0.2, 0) is 4.79 Å². The number of rotatable bonds is 8. The Labute approximate surface area is 165 Å². The Hall–Kier alpha value is -2.96. The number of anilines is 1. The van der Waals surface area contributed by atoms with Gasteiger partial charge >= 0.3 is 0 Å². The summed E-state index contributed by atoms with van der Waals surface area (Å²) < 4.78 is 1.84. The van der Waals surface area contributed by atoms with Crippen molar-refractivity contribution in [1.29, 1.82) is 0 Å². The molecule has 0 aliphatic rings. The van der Waals surface area contributed by atoms with Crippen LogP contribution in [-0.4, -0.2) is 38.7 Å². The Morgan fingerprint density at radius 2 is 1.86 bits per heavy atom. The number of amides is 1. The van der Waals surface area contributed by atoms with Crippen LogP contribution in [0.15, 0.2) is 36.5 Å². The van der Waals surface area contributed by atoms with Gasteiger partial charge in [-0.2, -0.15) is 5.10 Å². The Morgan fingerprint density at radius 1 is 1.11 bits per heavy atom. The second kappa shape index (κ2) is 8.82. The molecule has 0 saturated heterocycles. The van der Waals surface area contributed by atoms with Gasteiger partial charge in [-0.15, -0.1) is 0 Å². The summed E-state index contributed by atoms with van der Waals surface area (Å²) >= 11 is 0. The molecular formula is C21H28N6O. The minimum Gasteiger partial charge on any atom is -0.368 e. The molecule has 0 radical (unpaired) electrons. The van der Waals surface area contributed by atoms with Crippen LogP contribution in [0.1, 0.15) is 45.9 Å². The number of fused-ring (bicyclic) bond motifs is 1. The van der Waals surface area contributed by atoms with Gasteiger partial charge in [-0.05, 0) is 18.6 Å². The van der Waals surface area contributed by atoms with Crippen LogP contribution >= 0.6 is 0 Å². The fourth-order valence-electron chi connectivity index (χ4n) is 2.79. The molecule has 1 amide bonds. The molecule has 2 heterocycles. The molecule has 0 fully saturated rings. The van der Waals surface area contributed by atoms with Gasteiger partial charge in [-0.1, -0.05) is 45.9 Å². The molecule has 0 aliphatic carbocycles. The van der Waals surface area contributed by atoms with Crippen molar-refractivity contribution in [1.82, 2.24) is 25.1 Å². The number of hydrogen-bond donors (Lipinski definition) is 2. The highest BCUT2D eigenvalue weighted by Crippen LogP contribution is 2.26. The summed E-state index contributed by atoms with van der Waals surface area (Å²) in [4.78, 5) is 21.3. The SMILES string of the molecule is CC[C@H](C)c1nc(NCCNC(=O)C(C)C)c2cnn(-c3ccccc3)c2n1. The monoisotopic (exact) mass is 380 g/mol. The molecule has 0 aliphatic heterocycles. The molecule has 1 atom stereocenters. The van der Waals surface area contributed by atoms with E-state index in [0.29, 0.717) is 13.1 Å². The predicted octanol–water partition coefficient (Wildman–Crippen LogP) is 3.51. The van der Waals surface area contributed by atoms with Gasteiger partial charge in [0.05, 0.1) is 17.3 Å². The first-order valence-corrected chi connectivity index (χ1v) is 9.84. The van der Waals surface area contributed by atoms with Crippen molar-refractivity contribution in [3.05, 3.63) is 42.4 Å². The van der Waals surface area contributed by atoms with E-state index >= 15 is 0 Å². The summed E-state index contributed by atoms with van der Waals surface area (Å²) in [5.74, 6) is 1.81. The van der Waals surface area contributed by atoms with Crippen molar-refractivity contribution in [3.8, 4) is 5.69 Å². The molecular weight excluding hydrogens is 352 g/mol. The fourth-order valence-corrected chi connectivity index (χ4v) is 2.79. The first-order valence-electron chi connectivity index (χ1n) is 9.84. The summed E-state index contributed by atoms with van der Waals surface area (Å²) in [6, 6.07) is 9.96. The number of carbonyl (C=O) groups is 1. The third kappa shape index (κ3) is 4.30. The summed E-state index contributed by atoms with van der Waals surface area (Å²) in [6.07, 6.45) is 2.74. The molecule has 3 rings (SSSR count).